The Balaban J connectivity index is 1.96. The van der Waals surface area contributed by atoms with Gasteiger partial charge in [0.15, 0.2) is 5.58 Å². The molecule has 0 aliphatic heterocycles. The molecule has 23 heavy (non-hydrogen) atoms. The van der Waals surface area contributed by atoms with Crippen molar-refractivity contribution >= 4 is 73.4 Å². The molecule has 0 spiro atoms. The number of fused-ring (bicyclic) bond motifs is 1. The minimum atomic E-state index is -2.03. The highest BCUT2D eigenvalue weighted by Gasteiger charge is 2.30. The van der Waals surface area contributed by atoms with Gasteiger partial charge in [0, 0.05) is 10.2 Å². The summed E-state index contributed by atoms with van der Waals surface area (Å²) in [6.07, 6.45) is 0. The van der Waals surface area contributed by atoms with Crippen LogP contribution < -0.4 is 5.32 Å². The average Bonchev–Trinajstić information content (AvgIpc) is 2.89. The van der Waals surface area contributed by atoms with E-state index in [4.69, 9.17) is 39.2 Å². The molecule has 0 bridgehead atoms. The van der Waals surface area contributed by atoms with Crippen LogP contribution in [0.1, 0.15) is 0 Å². The third-order valence-electron chi connectivity index (χ3n) is 3.01. The summed E-state index contributed by atoms with van der Waals surface area (Å²) < 4.78 is 4.57. The zero-order valence-electron chi connectivity index (χ0n) is 11.3. The van der Waals surface area contributed by atoms with Crippen LogP contribution in [-0.2, 0) is 4.79 Å². The smallest absolute Gasteiger partial charge is 0.276 e. The quantitative estimate of drug-likeness (QED) is 0.537. The maximum Gasteiger partial charge on any atom is 0.276 e. The number of hydrogen-bond donors (Lipinski definition) is 1. The standard InChI is InChI=1S/C15H8BrCl3N2O2/c16-10-4-2-1-3-9(10)13-21-11-7-8(5-6-12(11)23-13)20-14(22)15(17,18)19/h1-7H,(H,20,22). The minimum absolute atomic E-state index is 0.459. The number of amides is 1. The van der Waals surface area contributed by atoms with Crippen molar-refractivity contribution in [3.05, 3.63) is 46.9 Å². The lowest BCUT2D eigenvalue weighted by Gasteiger charge is -2.10. The lowest BCUT2D eigenvalue weighted by Crippen LogP contribution is -2.26. The molecular formula is C15H8BrCl3N2O2. The van der Waals surface area contributed by atoms with Crippen molar-refractivity contribution in [2.24, 2.45) is 0 Å². The Morgan fingerprint density at radius 3 is 2.61 bits per heavy atom. The average molecular weight is 435 g/mol. The second-order valence-corrected chi connectivity index (χ2v) is 7.77. The van der Waals surface area contributed by atoms with Crippen molar-refractivity contribution in [1.29, 1.82) is 0 Å². The van der Waals surface area contributed by atoms with Crippen LogP contribution in [0, 0.1) is 0 Å². The van der Waals surface area contributed by atoms with E-state index in [1.165, 1.54) is 0 Å². The van der Waals surface area contributed by atoms with E-state index < -0.39 is 9.70 Å². The van der Waals surface area contributed by atoms with Gasteiger partial charge in [0.05, 0.1) is 5.56 Å². The zero-order valence-corrected chi connectivity index (χ0v) is 15.2. The number of aromatic nitrogens is 1. The number of carbonyl (C=O) groups is 1. The molecule has 0 aliphatic carbocycles. The van der Waals surface area contributed by atoms with Gasteiger partial charge >= 0.3 is 0 Å². The molecule has 1 aromatic heterocycles. The van der Waals surface area contributed by atoms with E-state index >= 15 is 0 Å². The molecule has 0 unspecified atom stereocenters. The lowest BCUT2D eigenvalue weighted by molar-refractivity contribution is -0.115. The summed E-state index contributed by atoms with van der Waals surface area (Å²) in [5.41, 5.74) is 2.46. The van der Waals surface area contributed by atoms with E-state index in [0.29, 0.717) is 22.7 Å². The highest BCUT2D eigenvalue weighted by atomic mass is 79.9. The number of oxazole rings is 1. The molecule has 3 aromatic rings. The van der Waals surface area contributed by atoms with Gasteiger partial charge < -0.3 is 9.73 Å². The molecule has 4 nitrogen and oxygen atoms in total. The van der Waals surface area contributed by atoms with Gasteiger partial charge in [-0.05, 0) is 46.3 Å². The van der Waals surface area contributed by atoms with E-state index in [2.05, 4.69) is 26.2 Å². The predicted octanol–water partition coefficient (Wildman–Crippen LogP) is 5.57. The van der Waals surface area contributed by atoms with Gasteiger partial charge in [-0.25, -0.2) is 4.98 Å². The molecule has 0 saturated heterocycles. The van der Waals surface area contributed by atoms with E-state index in [1.807, 2.05) is 24.3 Å². The topological polar surface area (TPSA) is 55.1 Å². The number of hydrogen-bond acceptors (Lipinski definition) is 3. The number of anilines is 1. The van der Waals surface area contributed by atoms with Crippen molar-refractivity contribution in [3.8, 4) is 11.5 Å². The van der Waals surface area contributed by atoms with Gasteiger partial charge in [0.2, 0.25) is 5.89 Å². The molecule has 0 aliphatic rings. The maximum absolute atomic E-state index is 11.7. The van der Waals surface area contributed by atoms with Crippen LogP contribution in [0.3, 0.4) is 0 Å². The molecule has 1 amide bonds. The summed E-state index contributed by atoms with van der Waals surface area (Å²) in [6.45, 7) is 0. The predicted molar refractivity (Wildman–Crippen MR) is 96.1 cm³/mol. The molecule has 0 fully saturated rings. The summed E-state index contributed by atoms with van der Waals surface area (Å²) in [5, 5.41) is 2.51. The molecule has 3 rings (SSSR count). The van der Waals surface area contributed by atoms with Crippen molar-refractivity contribution in [2.45, 2.75) is 3.79 Å². The summed E-state index contributed by atoms with van der Waals surface area (Å²) in [7, 11) is 0. The van der Waals surface area contributed by atoms with Crippen LogP contribution in [0.5, 0.6) is 0 Å². The summed E-state index contributed by atoms with van der Waals surface area (Å²) in [5.74, 6) is -0.270. The van der Waals surface area contributed by atoms with E-state index in [1.54, 1.807) is 18.2 Å². The van der Waals surface area contributed by atoms with Crippen LogP contribution in [0.25, 0.3) is 22.6 Å². The summed E-state index contributed by atoms with van der Waals surface area (Å²) in [6, 6.07) is 12.6. The SMILES string of the molecule is O=C(Nc1ccc2oc(-c3ccccc3Br)nc2c1)C(Cl)(Cl)Cl. The van der Waals surface area contributed by atoms with E-state index in [9.17, 15) is 4.79 Å². The monoisotopic (exact) mass is 432 g/mol. The molecule has 0 radical (unpaired) electrons. The highest BCUT2D eigenvalue weighted by molar-refractivity contribution is 9.10. The molecule has 0 atom stereocenters. The van der Waals surface area contributed by atoms with Crippen LogP contribution in [0.2, 0.25) is 0 Å². The van der Waals surface area contributed by atoms with Crippen LogP contribution in [-0.4, -0.2) is 14.7 Å². The van der Waals surface area contributed by atoms with Crippen molar-refractivity contribution in [2.75, 3.05) is 5.32 Å². The van der Waals surface area contributed by atoms with Crippen LogP contribution in [0.15, 0.2) is 51.4 Å². The fraction of sp³-hybridized carbons (Fsp3) is 0.0667. The van der Waals surface area contributed by atoms with Gasteiger partial charge in [0.1, 0.15) is 5.52 Å². The number of alkyl halides is 3. The van der Waals surface area contributed by atoms with Crippen molar-refractivity contribution in [3.63, 3.8) is 0 Å². The van der Waals surface area contributed by atoms with Crippen LogP contribution in [0.4, 0.5) is 5.69 Å². The fourth-order valence-corrected chi connectivity index (χ4v) is 2.55. The van der Waals surface area contributed by atoms with Gasteiger partial charge in [0.25, 0.3) is 9.70 Å². The molecule has 1 N–H and O–H groups in total. The van der Waals surface area contributed by atoms with Crippen LogP contribution >= 0.6 is 50.7 Å². The first-order valence-corrected chi connectivity index (χ1v) is 8.31. The number of nitrogens with zero attached hydrogens (tertiary/aromatic N) is 1. The van der Waals surface area contributed by atoms with Gasteiger partial charge in [-0.2, -0.15) is 0 Å². The molecule has 8 heteroatoms. The number of rotatable bonds is 2. The number of benzene rings is 2. The Morgan fingerprint density at radius 2 is 1.91 bits per heavy atom. The number of halogens is 4. The fourth-order valence-electron chi connectivity index (χ4n) is 1.96. The Bertz CT molecular complexity index is 890. The number of nitrogens with one attached hydrogen (secondary N) is 1. The molecule has 1 heterocycles. The summed E-state index contributed by atoms with van der Waals surface area (Å²) >= 11 is 20.1. The van der Waals surface area contributed by atoms with Gasteiger partial charge in [-0.3, -0.25) is 4.79 Å². The lowest BCUT2D eigenvalue weighted by atomic mass is 10.2. The first kappa shape index (κ1) is 16.6. The second kappa shape index (κ2) is 6.32. The summed E-state index contributed by atoms with van der Waals surface area (Å²) in [4.78, 5) is 16.1. The molecular weight excluding hydrogens is 426 g/mol. The van der Waals surface area contributed by atoms with Crippen molar-refractivity contribution < 1.29 is 9.21 Å². The van der Waals surface area contributed by atoms with E-state index in [0.717, 1.165) is 10.0 Å². The molecule has 118 valence electrons. The third kappa shape index (κ3) is 3.63. The highest BCUT2D eigenvalue weighted by Crippen LogP contribution is 2.32. The first-order chi connectivity index (χ1) is 10.8. The third-order valence-corrected chi connectivity index (χ3v) is 4.21. The normalized spacial score (nSPS) is 11.7. The Morgan fingerprint density at radius 1 is 1.17 bits per heavy atom. The zero-order chi connectivity index (χ0) is 16.6. The van der Waals surface area contributed by atoms with E-state index in [-0.39, 0.29) is 0 Å². The van der Waals surface area contributed by atoms with Crippen molar-refractivity contribution in [1.82, 2.24) is 4.98 Å². The van der Waals surface area contributed by atoms with Gasteiger partial charge in [-0.1, -0.05) is 46.9 Å². The second-order valence-electron chi connectivity index (χ2n) is 4.63. The Kier molecular flexibility index (Phi) is 4.56. The maximum atomic E-state index is 11.7. The molecule has 0 saturated carbocycles. The first-order valence-electron chi connectivity index (χ1n) is 6.38. The Hall–Kier alpha value is -1.27. The molecule has 2 aromatic carbocycles. The minimum Gasteiger partial charge on any atom is -0.436 e. The Labute approximate surface area is 154 Å². The van der Waals surface area contributed by atoms with Gasteiger partial charge in [-0.15, -0.1) is 0 Å². The number of carbonyl (C=O) groups excluding carboxylic acids is 1. The largest absolute Gasteiger partial charge is 0.436 e.